The largest absolute Gasteiger partial charge is 0.507 e. The van der Waals surface area contributed by atoms with Crippen LogP contribution in [0.4, 0.5) is 0 Å². The van der Waals surface area contributed by atoms with Gasteiger partial charge in [0.05, 0.1) is 17.9 Å². The fourth-order valence-electron chi connectivity index (χ4n) is 5.19. The van der Waals surface area contributed by atoms with Gasteiger partial charge in [-0.1, -0.05) is 27.7 Å². The molecule has 6 nitrogen and oxygen atoms in total. The van der Waals surface area contributed by atoms with Crippen molar-refractivity contribution in [3.63, 3.8) is 0 Å². The van der Waals surface area contributed by atoms with Gasteiger partial charge in [-0.2, -0.15) is 0 Å². The number of hydrogen-bond donors (Lipinski definition) is 1. The Hall–Kier alpha value is -2.63. The number of hydrogen-bond acceptors (Lipinski definition) is 6. The van der Waals surface area contributed by atoms with Crippen LogP contribution in [-0.2, 0) is 9.59 Å². The van der Waals surface area contributed by atoms with Crippen LogP contribution in [0.5, 0.6) is 17.2 Å². The third-order valence-electron chi connectivity index (χ3n) is 6.73. The summed E-state index contributed by atoms with van der Waals surface area (Å²) in [6.07, 6.45) is 0.804. The highest BCUT2D eigenvalue weighted by atomic mass is 16.5. The summed E-state index contributed by atoms with van der Waals surface area (Å²) >= 11 is 0. The highest BCUT2D eigenvalue weighted by Crippen LogP contribution is 2.57. The lowest BCUT2D eigenvalue weighted by atomic mass is 9.59. The van der Waals surface area contributed by atoms with Crippen LogP contribution in [0.3, 0.4) is 0 Å². The Bertz CT molecular complexity index is 1050. The van der Waals surface area contributed by atoms with Crippen molar-refractivity contribution in [3.8, 4) is 17.2 Å². The van der Waals surface area contributed by atoms with Gasteiger partial charge in [0.1, 0.15) is 28.6 Å². The minimum atomic E-state index is -1.21. The summed E-state index contributed by atoms with van der Waals surface area (Å²) < 4.78 is 11.7. The molecule has 6 heteroatoms. The molecule has 0 bridgehead atoms. The van der Waals surface area contributed by atoms with E-state index in [1.807, 2.05) is 27.7 Å². The van der Waals surface area contributed by atoms with Gasteiger partial charge in [0.25, 0.3) is 0 Å². The zero-order valence-corrected chi connectivity index (χ0v) is 21.2. The molecule has 0 radical (unpaired) electrons. The van der Waals surface area contributed by atoms with E-state index in [1.54, 1.807) is 33.8 Å². The monoisotopic (exact) mass is 456 g/mol. The molecule has 1 heterocycles. The molecule has 1 aliphatic carbocycles. The minimum Gasteiger partial charge on any atom is -0.507 e. The molecule has 0 saturated heterocycles. The zero-order chi connectivity index (χ0) is 25.0. The van der Waals surface area contributed by atoms with Crippen molar-refractivity contribution in [1.29, 1.82) is 0 Å². The van der Waals surface area contributed by atoms with Crippen LogP contribution >= 0.6 is 0 Å². The summed E-state index contributed by atoms with van der Waals surface area (Å²) in [5.41, 5.74) is -1.27. The fourth-order valence-corrected chi connectivity index (χ4v) is 5.19. The van der Waals surface area contributed by atoms with Crippen LogP contribution in [0.15, 0.2) is 17.4 Å². The Labute approximate surface area is 196 Å². The van der Waals surface area contributed by atoms with Crippen LogP contribution in [0, 0.1) is 22.7 Å². The zero-order valence-electron chi connectivity index (χ0n) is 21.2. The molecule has 1 unspecified atom stereocenters. The molecule has 0 amide bonds. The second kappa shape index (κ2) is 8.30. The molecule has 2 aliphatic rings. The number of aromatic hydroxyl groups is 1. The first-order chi connectivity index (χ1) is 15.2. The first-order valence-electron chi connectivity index (χ1n) is 11.6. The molecule has 0 saturated carbocycles. The fraction of sp³-hybridized carbons (Fsp3) is 0.593. The van der Waals surface area contributed by atoms with E-state index in [2.05, 4.69) is 0 Å². The van der Waals surface area contributed by atoms with E-state index >= 15 is 0 Å². The maximum Gasteiger partial charge on any atom is 0.175 e. The molecular formula is C27H36O6. The summed E-state index contributed by atoms with van der Waals surface area (Å²) in [5.74, 6) is -0.265. The van der Waals surface area contributed by atoms with E-state index < -0.39 is 16.7 Å². The molecule has 1 aromatic carbocycles. The maximum absolute atomic E-state index is 13.6. The third kappa shape index (κ3) is 3.87. The van der Waals surface area contributed by atoms with Crippen molar-refractivity contribution in [1.82, 2.24) is 0 Å². The van der Waals surface area contributed by atoms with E-state index in [-0.39, 0.29) is 52.7 Å². The number of phenolic OH excluding ortho intramolecular Hbond substituents is 1. The van der Waals surface area contributed by atoms with E-state index in [4.69, 9.17) is 9.47 Å². The number of allylic oxidation sites excluding steroid dienone is 2. The van der Waals surface area contributed by atoms with Gasteiger partial charge in [0.15, 0.2) is 17.3 Å². The topological polar surface area (TPSA) is 89.9 Å². The highest BCUT2D eigenvalue weighted by Gasteiger charge is 2.57. The molecule has 0 aromatic heterocycles. The molecule has 1 aliphatic heterocycles. The SMILES string of the molecule is COc1cc2c(c(O)c1C(=O)CC(C)C)C(CC(C)C)C1=C(O2)C(C)(C)C(=O)C(C)(C)C1=O. The number of rotatable bonds is 6. The number of Topliss-reactive ketones (excluding diaryl/α,β-unsaturated/α-hetero) is 3. The molecule has 1 aromatic rings. The molecule has 0 fully saturated rings. The standard InChI is InChI=1S/C27H36O6/c1-13(2)10-15-19-18(12-17(32-9)21(22(19)29)16(28)11-14(3)4)33-24-20(15)23(30)26(5,6)25(31)27(24,7)8/h12-15,29H,10-11H2,1-9H3. The van der Waals surface area contributed by atoms with Crippen molar-refractivity contribution < 1.29 is 29.0 Å². The molecule has 3 rings (SSSR count). The summed E-state index contributed by atoms with van der Waals surface area (Å²) in [6.45, 7) is 14.8. The van der Waals surface area contributed by atoms with Gasteiger partial charge in [-0.25, -0.2) is 0 Å². The molecule has 33 heavy (non-hydrogen) atoms. The van der Waals surface area contributed by atoms with Crippen LogP contribution in [0.25, 0.3) is 0 Å². The average molecular weight is 457 g/mol. The number of ketones is 3. The van der Waals surface area contributed by atoms with Crippen LogP contribution in [0.1, 0.15) is 90.1 Å². The van der Waals surface area contributed by atoms with Gasteiger partial charge in [-0.15, -0.1) is 0 Å². The van der Waals surface area contributed by atoms with Crippen molar-refractivity contribution in [2.75, 3.05) is 7.11 Å². The summed E-state index contributed by atoms with van der Waals surface area (Å²) in [7, 11) is 1.44. The number of methoxy groups -OCH3 is 1. The van der Waals surface area contributed by atoms with Gasteiger partial charge < -0.3 is 14.6 Å². The maximum atomic E-state index is 13.6. The normalized spacial score (nSPS) is 21.1. The quantitative estimate of drug-likeness (QED) is 0.442. The lowest BCUT2D eigenvalue weighted by molar-refractivity contribution is -0.144. The highest BCUT2D eigenvalue weighted by molar-refractivity contribution is 6.20. The van der Waals surface area contributed by atoms with Crippen LogP contribution in [-0.4, -0.2) is 29.6 Å². The average Bonchev–Trinajstić information content (AvgIpc) is 2.69. The second-order valence-electron chi connectivity index (χ2n) is 11.2. The molecule has 1 N–H and O–H groups in total. The summed E-state index contributed by atoms with van der Waals surface area (Å²) in [4.78, 5) is 40.0. The minimum absolute atomic E-state index is 0.0993. The van der Waals surface area contributed by atoms with Crippen molar-refractivity contribution in [2.24, 2.45) is 22.7 Å². The predicted octanol–water partition coefficient (Wildman–Crippen LogP) is 5.61. The summed E-state index contributed by atoms with van der Waals surface area (Å²) in [6, 6.07) is 1.60. The number of carbonyl (C=O) groups excluding carboxylic acids is 3. The van der Waals surface area contributed by atoms with Gasteiger partial charge >= 0.3 is 0 Å². The molecule has 180 valence electrons. The van der Waals surface area contributed by atoms with Crippen LogP contribution < -0.4 is 9.47 Å². The predicted molar refractivity (Wildman–Crippen MR) is 126 cm³/mol. The van der Waals surface area contributed by atoms with Gasteiger partial charge in [0, 0.05) is 29.5 Å². The first kappa shape index (κ1) is 25.0. The van der Waals surface area contributed by atoms with E-state index in [0.29, 0.717) is 29.1 Å². The lowest BCUT2D eigenvalue weighted by Gasteiger charge is -2.45. The Morgan fingerprint density at radius 3 is 2.21 bits per heavy atom. The van der Waals surface area contributed by atoms with Gasteiger partial charge in [-0.05, 0) is 46.0 Å². The number of carbonyl (C=O) groups is 3. The third-order valence-corrected chi connectivity index (χ3v) is 6.73. The molecular weight excluding hydrogens is 420 g/mol. The number of fused-ring (bicyclic) bond motifs is 1. The van der Waals surface area contributed by atoms with Crippen molar-refractivity contribution in [2.45, 2.75) is 74.1 Å². The van der Waals surface area contributed by atoms with Crippen LogP contribution in [0.2, 0.25) is 0 Å². The second-order valence-corrected chi connectivity index (χ2v) is 11.2. The lowest BCUT2D eigenvalue weighted by Crippen LogP contribution is -2.51. The Kier molecular flexibility index (Phi) is 6.29. The van der Waals surface area contributed by atoms with Crippen molar-refractivity contribution >= 4 is 17.3 Å². The smallest absolute Gasteiger partial charge is 0.175 e. The van der Waals surface area contributed by atoms with E-state index in [1.165, 1.54) is 7.11 Å². The van der Waals surface area contributed by atoms with E-state index in [0.717, 1.165) is 0 Å². The van der Waals surface area contributed by atoms with Gasteiger partial charge in [0.2, 0.25) is 0 Å². The Morgan fingerprint density at radius 1 is 1.09 bits per heavy atom. The Morgan fingerprint density at radius 2 is 1.70 bits per heavy atom. The summed E-state index contributed by atoms with van der Waals surface area (Å²) in [5, 5.41) is 11.4. The number of benzene rings is 1. The molecule has 0 spiro atoms. The number of ether oxygens (including phenoxy) is 2. The first-order valence-corrected chi connectivity index (χ1v) is 11.6. The van der Waals surface area contributed by atoms with E-state index in [9.17, 15) is 19.5 Å². The van der Waals surface area contributed by atoms with Crippen molar-refractivity contribution in [3.05, 3.63) is 28.5 Å². The van der Waals surface area contributed by atoms with Gasteiger partial charge in [-0.3, -0.25) is 14.4 Å². The Balaban J connectivity index is 2.34. The number of phenols is 1. The molecule has 1 atom stereocenters.